The molecular weight excluding hydrogens is 287 g/mol. The zero-order chi connectivity index (χ0) is 15.5. The zero-order valence-electron chi connectivity index (χ0n) is 10.9. The van der Waals surface area contributed by atoms with Gasteiger partial charge in [0.25, 0.3) is 0 Å². The van der Waals surface area contributed by atoms with Crippen LogP contribution in [0.4, 0.5) is 24.5 Å². The van der Waals surface area contributed by atoms with Gasteiger partial charge in [-0.1, -0.05) is 0 Å². The number of halogens is 3. The van der Waals surface area contributed by atoms with Gasteiger partial charge in [0.1, 0.15) is 0 Å². The van der Waals surface area contributed by atoms with Crippen LogP contribution in [-0.4, -0.2) is 49.2 Å². The Morgan fingerprint density at radius 3 is 2.14 bits per heavy atom. The van der Waals surface area contributed by atoms with Crippen molar-refractivity contribution in [3.05, 3.63) is 24.3 Å². The molecule has 0 bridgehead atoms. The summed E-state index contributed by atoms with van der Waals surface area (Å²) in [6.45, 7) is 0.676. The average Bonchev–Trinajstić information content (AvgIpc) is 2.47. The standard InChI is InChI=1S/C13H12F3N3O2/c14-13(15,16)12(21)19-7-5-18(6-8-19)11-3-1-10(2-4-11)17-9-20/h1-4H,5-8H2. The molecule has 0 spiro atoms. The first kappa shape index (κ1) is 15.1. The van der Waals surface area contributed by atoms with Crippen LogP contribution in [0.15, 0.2) is 29.3 Å². The smallest absolute Gasteiger partial charge is 0.368 e. The number of amides is 1. The van der Waals surface area contributed by atoms with Gasteiger partial charge in [0, 0.05) is 31.9 Å². The van der Waals surface area contributed by atoms with Gasteiger partial charge in [0.05, 0.1) is 5.69 Å². The Morgan fingerprint density at radius 2 is 1.67 bits per heavy atom. The Bertz CT molecular complexity index is 557. The van der Waals surface area contributed by atoms with E-state index >= 15 is 0 Å². The molecule has 2 rings (SSSR count). The van der Waals surface area contributed by atoms with Crippen LogP contribution in [0.1, 0.15) is 0 Å². The van der Waals surface area contributed by atoms with Gasteiger partial charge < -0.3 is 9.80 Å². The molecule has 1 aromatic rings. The molecule has 1 aliphatic rings. The molecule has 0 atom stereocenters. The number of alkyl halides is 3. The summed E-state index contributed by atoms with van der Waals surface area (Å²) in [5.74, 6) is -1.79. The maximum Gasteiger partial charge on any atom is 0.471 e. The van der Waals surface area contributed by atoms with E-state index in [9.17, 15) is 22.8 Å². The van der Waals surface area contributed by atoms with Gasteiger partial charge in [0.15, 0.2) is 0 Å². The van der Waals surface area contributed by atoms with E-state index < -0.39 is 12.1 Å². The lowest BCUT2D eigenvalue weighted by Gasteiger charge is -2.36. The molecule has 0 radical (unpaired) electrons. The number of isocyanates is 1. The number of aliphatic imine (C=N–C) groups is 1. The predicted molar refractivity (Wildman–Crippen MR) is 69.1 cm³/mol. The molecule has 1 aromatic carbocycles. The molecule has 5 nitrogen and oxygen atoms in total. The highest BCUT2D eigenvalue weighted by atomic mass is 19.4. The Morgan fingerprint density at radius 1 is 1.10 bits per heavy atom. The Kier molecular flexibility index (Phi) is 4.28. The maximum absolute atomic E-state index is 12.3. The summed E-state index contributed by atoms with van der Waals surface area (Å²) in [6, 6.07) is 6.68. The molecule has 0 aromatic heterocycles. The van der Waals surface area contributed by atoms with Crippen LogP contribution in [-0.2, 0) is 9.59 Å². The molecular formula is C13H12F3N3O2. The number of hydrogen-bond acceptors (Lipinski definition) is 4. The summed E-state index contributed by atoms with van der Waals surface area (Å²) in [4.78, 5) is 27.4. The van der Waals surface area contributed by atoms with Crippen LogP contribution in [0.5, 0.6) is 0 Å². The first-order chi connectivity index (χ1) is 9.91. The number of carbonyl (C=O) groups is 1. The highest BCUT2D eigenvalue weighted by Gasteiger charge is 2.43. The molecule has 0 unspecified atom stereocenters. The van der Waals surface area contributed by atoms with E-state index in [1.54, 1.807) is 24.3 Å². The third-order valence-corrected chi connectivity index (χ3v) is 3.20. The predicted octanol–water partition coefficient (Wildman–Crippen LogP) is 1.86. The fraction of sp³-hybridized carbons (Fsp3) is 0.385. The van der Waals surface area contributed by atoms with Crippen molar-refractivity contribution in [2.75, 3.05) is 31.1 Å². The lowest BCUT2D eigenvalue weighted by molar-refractivity contribution is -0.185. The third-order valence-electron chi connectivity index (χ3n) is 3.20. The van der Waals surface area contributed by atoms with Crippen LogP contribution in [0.2, 0.25) is 0 Å². The van der Waals surface area contributed by atoms with Gasteiger partial charge in [-0.15, -0.1) is 0 Å². The number of carbonyl (C=O) groups excluding carboxylic acids is 2. The average molecular weight is 299 g/mol. The summed E-state index contributed by atoms with van der Waals surface area (Å²) in [5.41, 5.74) is 1.26. The monoisotopic (exact) mass is 299 g/mol. The number of rotatable bonds is 2. The van der Waals surface area contributed by atoms with Crippen molar-refractivity contribution in [1.29, 1.82) is 0 Å². The largest absolute Gasteiger partial charge is 0.471 e. The van der Waals surface area contributed by atoms with E-state index in [0.29, 0.717) is 18.8 Å². The second kappa shape index (κ2) is 5.97. The second-order valence-electron chi connectivity index (χ2n) is 4.50. The van der Waals surface area contributed by atoms with Crippen LogP contribution >= 0.6 is 0 Å². The molecule has 0 saturated carbocycles. The molecule has 1 saturated heterocycles. The summed E-state index contributed by atoms with van der Waals surface area (Å²) in [7, 11) is 0. The molecule has 8 heteroatoms. The van der Waals surface area contributed by atoms with Crippen molar-refractivity contribution in [2.45, 2.75) is 6.18 Å². The molecule has 112 valence electrons. The topological polar surface area (TPSA) is 53.0 Å². The van der Waals surface area contributed by atoms with Crippen molar-refractivity contribution in [2.24, 2.45) is 4.99 Å². The second-order valence-corrected chi connectivity index (χ2v) is 4.50. The zero-order valence-corrected chi connectivity index (χ0v) is 10.9. The number of piperazine rings is 1. The minimum atomic E-state index is -4.82. The maximum atomic E-state index is 12.3. The molecule has 0 N–H and O–H groups in total. The van der Waals surface area contributed by atoms with Crippen LogP contribution in [0.3, 0.4) is 0 Å². The number of nitrogens with zero attached hydrogens (tertiary/aromatic N) is 3. The fourth-order valence-electron chi connectivity index (χ4n) is 2.14. The fourth-order valence-corrected chi connectivity index (χ4v) is 2.14. The van der Waals surface area contributed by atoms with E-state index in [1.807, 2.05) is 4.90 Å². The minimum absolute atomic E-state index is 0.0204. The van der Waals surface area contributed by atoms with Crippen molar-refractivity contribution >= 4 is 23.4 Å². The van der Waals surface area contributed by atoms with E-state index in [-0.39, 0.29) is 13.1 Å². The first-order valence-corrected chi connectivity index (χ1v) is 6.21. The SMILES string of the molecule is O=C=Nc1ccc(N2CCN(C(=O)C(F)(F)F)CC2)cc1. The highest BCUT2D eigenvalue weighted by Crippen LogP contribution is 2.23. The van der Waals surface area contributed by atoms with Crippen LogP contribution in [0, 0.1) is 0 Å². The Labute approximate surface area is 118 Å². The molecule has 1 aliphatic heterocycles. The van der Waals surface area contributed by atoms with Crippen molar-refractivity contribution in [3.63, 3.8) is 0 Å². The molecule has 21 heavy (non-hydrogen) atoms. The molecule has 1 amide bonds. The Balaban J connectivity index is 1.97. The van der Waals surface area contributed by atoms with Crippen molar-refractivity contribution in [3.8, 4) is 0 Å². The minimum Gasteiger partial charge on any atom is -0.368 e. The molecule has 1 fully saturated rings. The molecule has 0 aliphatic carbocycles. The van der Waals surface area contributed by atoms with Gasteiger partial charge in [0.2, 0.25) is 6.08 Å². The Hall–Kier alpha value is -2.34. The van der Waals surface area contributed by atoms with Crippen LogP contribution < -0.4 is 4.90 Å². The van der Waals surface area contributed by atoms with Gasteiger partial charge in [-0.3, -0.25) is 4.79 Å². The summed E-state index contributed by atoms with van der Waals surface area (Å²) >= 11 is 0. The first-order valence-electron chi connectivity index (χ1n) is 6.21. The van der Waals surface area contributed by atoms with Gasteiger partial charge in [-0.25, -0.2) is 4.79 Å². The van der Waals surface area contributed by atoms with E-state index in [2.05, 4.69) is 4.99 Å². The summed E-state index contributed by atoms with van der Waals surface area (Å²) in [5, 5.41) is 0. The van der Waals surface area contributed by atoms with Gasteiger partial charge >= 0.3 is 12.1 Å². The van der Waals surface area contributed by atoms with Gasteiger partial charge in [-0.2, -0.15) is 18.2 Å². The van der Waals surface area contributed by atoms with E-state index in [4.69, 9.17) is 0 Å². The lowest BCUT2D eigenvalue weighted by atomic mass is 10.2. The normalized spacial score (nSPS) is 15.6. The van der Waals surface area contributed by atoms with Crippen molar-refractivity contribution in [1.82, 2.24) is 4.90 Å². The van der Waals surface area contributed by atoms with E-state index in [1.165, 1.54) is 6.08 Å². The quantitative estimate of drug-likeness (QED) is 0.619. The molecule has 1 heterocycles. The summed E-state index contributed by atoms with van der Waals surface area (Å²) in [6.07, 6.45) is -3.40. The van der Waals surface area contributed by atoms with Gasteiger partial charge in [-0.05, 0) is 24.3 Å². The third kappa shape index (κ3) is 3.61. The van der Waals surface area contributed by atoms with E-state index in [0.717, 1.165) is 10.6 Å². The summed E-state index contributed by atoms with van der Waals surface area (Å²) < 4.78 is 37.0. The van der Waals surface area contributed by atoms with Crippen molar-refractivity contribution < 1.29 is 22.8 Å². The number of benzene rings is 1. The lowest BCUT2D eigenvalue weighted by Crippen LogP contribution is -2.52. The number of hydrogen-bond donors (Lipinski definition) is 0. The van der Waals surface area contributed by atoms with Crippen LogP contribution in [0.25, 0.3) is 0 Å². The highest BCUT2D eigenvalue weighted by molar-refractivity contribution is 5.82. The number of anilines is 1.